The van der Waals surface area contributed by atoms with Gasteiger partial charge in [0, 0.05) is 32.7 Å². The zero-order valence-corrected chi connectivity index (χ0v) is 12.0. The Morgan fingerprint density at radius 2 is 1.84 bits per heavy atom. The predicted octanol–water partition coefficient (Wildman–Crippen LogP) is -0.138. The van der Waals surface area contributed by atoms with Crippen LogP contribution in [0.25, 0.3) is 0 Å². The molecule has 0 spiro atoms. The molecule has 1 rings (SSSR count). The minimum atomic E-state index is 0.0788. The van der Waals surface area contributed by atoms with Crippen molar-refractivity contribution in [3.8, 4) is 0 Å². The van der Waals surface area contributed by atoms with Crippen LogP contribution in [0.5, 0.6) is 0 Å². The van der Waals surface area contributed by atoms with Crippen LogP contribution in [0.2, 0.25) is 0 Å². The first-order chi connectivity index (χ1) is 9.15. The smallest absolute Gasteiger partial charge is 0.223 e. The van der Waals surface area contributed by atoms with E-state index >= 15 is 0 Å². The normalized spacial score (nSPS) is 23.9. The molecule has 112 valence electrons. The van der Waals surface area contributed by atoms with E-state index in [0.717, 1.165) is 0 Å². The average molecular weight is 274 g/mol. The Labute approximate surface area is 115 Å². The lowest BCUT2D eigenvalue weighted by Gasteiger charge is -2.34. The highest BCUT2D eigenvalue weighted by Gasteiger charge is 2.28. The maximum atomic E-state index is 11.8. The zero-order chi connectivity index (χ0) is 14.1. The number of methoxy groups -OCH3 is 1. The van der Waals surface area contributed by atoms with E-state index in [-0.39, 0.29) is 17.9 Å². The highest BCUT2D eigenvalue weighted by molar-refractivity contribution is 5.77. The molecular formula is C13H26N2O4. The first kappa shape index (κ1) is 16.4. The quantitative estimate of drug-likeness (QED) is 0.592. The lowest BCUT2D eigenvalue weighted by molar-refractivity contribution is -0.136. The number of nitrogens with zero attached hydrogens (tertiary/aromatic N) is 1. The molecule has 1 aliphatic heterocycles. The fourth-order valence-electron chi connectivity index (χ4n) is 1.95. The van der Waals surface area contributed by atoms with E-state index in [1.54, 1.807) is 12.0 Å². The van der Waals surface area contributed by atoms with Gasteiger partial charge < -0.3 is 24.8 Å². The molecule has 0 bridgehead atoms. The van der Waals surface area contributed by atoms with Gasteiger partial charge in [0.05, 0.1) is 33.0 Å². The van der Waals surface area contributed by atoms with E-state index in [2.05, 4.69) is 0 Å². The summed E-state index contributed by atoms with van der Waals surface area (Å²) in [5.41, 5.74) is 5.96. The summed E-state index contributed by atoms with van der Waals surface area (Å²) in [6, 6.07) is 0.0788. The van der Waals surface area contributed by atoms with Crippen molar-refractivity contribution in [3.63, 3.8) is 0 Å². The fraction of sp³-hybridized carbons (Fsp3) is 0.923. The SMILES string of the molecule is COCCOCCOCCN1CC(N)C(C)CC1=O. The average Bonchev–Trinajstić information content (AvgIpc) is 2.38. The van der Waals surface area contributed by atoms with E-state index in [0.29, 0.717) is 52.5 Å². The van der Waals surface area contributed by atoms with E-state index in [9.17, 15) is 4.79 Å². The second-order valence-corrected chi connectivity index (χ2v) is 4.90. The van der Waals surface area contributed by atoms with Gasteiger partial charge in [-0.05, 0) is 5.92 Å². The highest BCUT2D eigenvalue weighted by atomic mass is 16.5. The van der Waals surface area contributed by atoms with Crippen molar-refractivity contribution in [2.45, 2.75) is 19.4 Å². The maximum absolute atomic E-state index is 11.8. The van der Waals surface area contributed by atoms with Crippen molar-refractivity contribution in [3.05, 3.63) is 0 Å². The number of hydrogen-bond donors (Lipinski definition) is 1. The summed E-state index contributed by atoms with van der Waals surface area (Å²) in [5.74, 6) is 0.452. The zero-order valence-electron chi connectivity index (χ0n) is 12.0. The molecule has 1 fully saturated rings. The van der Waals surface area contributed by atoms with Crippen LogP contribution in [-0.2, 0) is 19.0 Å². The number of nitrogens with two attached hydrogens (primary N) is 1. The van der Waals surface area contributed by atoms with Gasteiger partial charge in [-0.2, -0.15) is 0 Å². The first-order valence-corrected chi connectivity index (χ1v) is 6.83. The summed E-state index contributed by atoms with van der Waals surface area (Å²) in [6.45, 7) is 6.05. The van der Waals surface area contributed by atoms with Crippen LogP contribution in [0.15, 0.2) is 0 Å². The van der Waals surface area contributed by atoms with Crippen LogP contribution in [-0.4, -0.2) is 70.1 Å². The number of ether oxygens (including phenoxy) is 3. The van der Waals surface area contributed by atoms with Gasteiger partial charge in [-0.15, -0.1) is 0 Å². The molecular weight excluding hydrogens is 248 g/mol. The fourth-order valence-corrected chi connectivity index (χ4v) is 1.95. The van der Waals surface area contributed by atoms with Crippen LogP contribution in [0.3, 0.4) is 0 Å². The second kappa shape index (κ2) is 9.25. The Kier molecular flexibility index (Phi) is 7.97. The van der Waals surface area contributed by atoms with Crippen molar-refractivity contribution in [1.82, 2.24) is 4.90 Å². The molecule has 0 saturated carbocycles. The van der Waals surface area contributed by atoms with E-state index < -0.39 is 0 Å². The standard InChI is InChI=1S/C13H26N2O4/c1-11-9-13(16)15(10-12(11)14)3-4-18-7-8-19-6-5-17-2/h11-12H,3-10,14H2,1-2H3. The molecule has 1 amide bonds. The minimum Gasteiger partial charge on any atom is -0.382 e. The molecule has 0 aromatic heterocycles. The van der Waals surface area contributed by atoms with Crippen LogP contribution in [0.4, 0.5) is 0 Å². The first-order valence-electron chi connectivity index (χ1n) is 6.83. The Balaban J connectivity index is 2.01. The summed E-state index contributed by atoms with van der Waals surface area (Å²) in [4.78, 5) is 13.6. The highest BCUT2D eigenvalue weighted by Crippen LogP contribution is 2.16. The molecule has 6 heteroatoms. The third-order valence-corrected chi connectivity index (χ3v) is 3.32. The maximum Gasteiger partial charge on any atom is 0.223 e. The molecule has 0 radical (unpaired) electrons. The third kappa shape index (κ3) is 6.33. The number of carbonyl (C=O) groups excluding carboxylic acids is 1. The van der Waals surface area contributed by atoms with Gasteiger partial charge in [-0.1, -0.05) is 6.92 Å². The molecule has 2 atom stereocenters. The Hall–Kier alpha value is -0.690. The molecule has 1 aliphatic rings. The van der Waals surface area contributed by atoms with Crippen LogP contribution in [0.1, 0.15) is 13.3 Å². The van der Waals surface area contributed by atoms with Crippen molar-refractivity contribution in [2.24, 2.45) is 11.7 Å². The Bertz CT molecular complexity index is 263. The number of rotatable bonds is 9. The third-order valence-electron chi connectivity index (χ3n) is 3.32. The van der Waals surface area contributed by atoms with Gasteiger partial charge >= 0.3 is 0 Å². The van der Waals surface area contributed by atoms with Crippen molar-refractivity contribution in [2.75, 3.05) is 53.2 Å². The molecule has 1 saturated heterocycles. The molecule has 0 aliphatic carbocycles. The second-order valence-electron chi connectivity index (χ2n) is 4.90. The molecule has 2 N–H and O–H groups in total. The van der Waals surface area contributed by atoms with Gasteiger partial charge in [-0.3, -0.25) is 4.79 Å². The van der Waals surface area contributed by atoms with Gasteiger partial charge in [0.2, 0.25) is 5.91 Å². The lowest BCUT2D eigenvalue weighted by atomic mass is 9.94. The molecule has 0 aromatic carbocycles. The molecule has 2 unspecified atom stereocenters. The largest absolute Gasteiger partial charge is 0.382 e. The van der Waals surface area contributed by atoms with Gasteiger partial charge in [0.25, 0.3) is 0 Å². The van der Waals surface area contributed by atoms with Gasteiger partial charge in [0.15, 0.2) is 0 Å². The lowest BCUT2D eigenvalue weighted by Crippen LogP contribution is -2.51. The summed E-state index contributed by atoms with van der Waals surface area (Å²) < 4.78 is 15.6. The van der Waals surface area contributed by atoms with Crippen LogP contribution >= 0.6 is 0 Å². The Morgan fingerprint density at radius 1 is 1.21 bits per heavy atom. The van der Waals surface area contributed by atoms with Crippen molar-refractivity contribution in [1.29, 1.82) is 0 Å². The number of likely N-dealkylation sites (tertiary alicyclic amines) is 1. The number of piperidine rings is 1. The molecule has 1 heterocycles. The Morgan fingerprint density at radius 3 is 2.53 bits per heavy atom. The van der Waals surface area contributed by atoms with E-state index in [1.807, 2.05) is 6.92 Å². The number of carbonyl (C=O) groups is 1. The summed E-state index contributed by atoms with van der Waals surface area (Å²) in [5, 5.41) is 0. The van der Waals surface area contributed by atoms with Gasteiger partial charge in [0.1, 0.15) is 0 Å². The molecule has 6 nitrogen and oxygen atoms in total. The van der Waals surface area contributed by atoms with Crippen molar-refractivity contribution >= 4 is 5.91 Å². The van der Waals surface area contributed by atoms with Crippen LogP contribution in [0, 0.1) is 5.92 Å². The molecule has 19 heavy (non-hydrogen) atoms. The minimum absolute atomic E-state index is 0.0788. The summed E-state index contributed by atoms with van der Waals surface area (Å²) >= 11 is 0. The summed E-state index contributed by atoms with van der Waals surface area (Å²) in [7, 11) is 1.64. The molecule has 0 aromatic rings. The topological polar surface area (TPSA) is 74.0 Å². The predicted molar refractivity (Wildman–Crippen MR) is 71.9 cm³/mol. The number of amides is 1. The van der Waals surface area contributed by atoms with E-state index in [1.165, 1.54) is 0 Å². The van der Waals surface area contributed by atoms with Crippen molar-refractivity contribution < 1.29 is 19.0 Å². The number of hydrogen-bond acceptors (Lipinski definition) is 5. The van der Waals surface area contributed by atoms with Crippen LogP contribution < -0.4 is 5.73 Å². The van der Waals surface area contributed by atoms with Gasteiger partial charge in [-0.25, -0.2) is 0 Å². The summed E-state index contributed by atoms with van der Waals surface area (Å²) in [6.07, 6.45) is 0.543. The monoisotopic (exact) mass is 274 g/mol. The van der Waals surface area contributed by atoms with E-state index in [4.69, 9.17) is 19.9 Å².